The second-order valence-corrected chi connectivity index (χ2v) is 4.02. The highest BCUT2D eigenvalue weighted by atomic mass is 79.9. The van der Waals surface area contributed by atoms with Gasteiger partial charge in [-0.25, -0.2) is 0 Å². The van der Waals surface area contributed by atoms with E-state index in [1.54, 1.807) is 12.1 Å². The summed E-state index contributed by atoms with van der Waals surface area (Å²) in [6.07, 6.45) is 0.362. The quantitative estimate of drug-likeness (QED) is 0.866. The first kappa shape index (κ1) is 11.7. The lowest BCUT2D eigenvalue weighted by atomic mass is 10.0. The molecule has 0 heterocycles. The highest BCUT2D eigenvalue weighted by molar-refractivity contribution is 9.09. The van der Waals surface area contributed by atoms with Gasteiger partial charge in [0.15, 0.2) is 0 Å². The average Bonchev–Trinajstić information content (AvgIpc) is 2.18. The number of carbonyl (C=O) groups excluding carboxylic acids is 1. The van der Waals surface area contributed by atoms with Crippen molar-refractivity contribution in [3.05, 3.63) is 29.3 Å². The minimum atomic E-state index is 0.109. The summed E-state index contributed by atoms with van der Waals surface area (Å²) in [5.74, 6) is 0.347. The second kappa shape index (κ2) is 5.51. The van der Waals surface area contributed by atoms with Crippen molar-refractivity contribution in [1.82, 2.24) is 0 Å². The average molecular weight is 322 g/mol. The second-order valence-electron chi connectivity index (χ2n) is 2.90. The lowest BCUT2D eigenvalue weighted by Crippen LogP contribution is -2.05. The third-order valence-electron chi connectivity index (χ3n) is 1.92. The molecule has 0 unspecified atom stereocenters. The number of hydrogen-bond donors (Lipinski definition) is 1. The molecule has 76 valence electrons. The molecule has 0 atom stereocenters. The van der Waals surface area contributed by atoms with Gasteiger partial charge in [-0.05, 0) is 11.6 Å². The largest absolute Gasteiger partial charge is 0.508 e. The molecule has 4 heteroatoms. The molecule has 0 aliphatic heterocycles. The molecule has 0 radical (unpaired) electrons. The maximum atomic E-state index is 11.2. The summed E-state index contributed by atoms with van der Waals surface area (Å²) in [6.45, 7) is 0. The van der Waals surface area contributed by atoms with E-state index in [9.17, 15) is 9.90 Å². The molecule has 14 heavy (non-hydrogen) atoms. The topological polar surface area (TPSA) is 37.3 Å². The first-order chi connectivity index (χ1) is 6.69. The number of ketones is 1. The van der Waals surface area contributed by atoms with Crippen LogP contribution in [0.5, 0.6) is 5.75 Å². The van der Waals surface area contributed by atoms with Crippen molar-refractivity contribution < 1.29 is 9.90 Å². The van der Waals surface area contributed by atoms with Crippen LogP contribution in [0.15, 0.2) is 18.2 Å². The fourth-order valence-corrected chi connectivity index (χ4v) is 2.05. The van der Waals surface area contributed by atoms with Crippen molar-refractivity contribution in [2.24, 2.45) is 0 Å². The van der Waals surface area contributed by atoms with Crippen LogP contribution >= 0.6 is 31.9 Å². The number of aromatic hydroxyl groups is 1. The standard InChI is InChI=1S/C10H10Br2O2/c11-5-8(13)4-7-2-1-3-10(14)9(7)6-12/h1-3,14H,4-6H2. The van der Waals surface area contributed by atoms with Crippen molar-refractivity contribution in [2.45, 2.75) is 11.8 Å². The van der Waals surface area contributed by atoms with Crippen LogP contribution < -0.4 is 0 Å². The molecule has 2 nitrogen and oxygen atoms in total. The molecule has 0 aliphatic carbocycles. The van der Waals surface area contributed by atoms with E-state index in [-0.39, 0.29) is 11.5 Å². The number of halogens is 2. The van der Waals surface area contributed by atoms with Gasteiger partial charge in [-0.2, -0.15) is 0 Å². The lowest BCUT2D eigenvalue weighted by Gasteiger charge is -2.07. The third-order valence-corrected chi connectivity index (χ3v) is 3.10. The minimum Gasteiger partial charge on any atom is -0.508 e. The van der Waals surface area contributed by atoms with Gasteiger partial charge in [0.1, 0.15) is 11.5 Å². The van der Waals surface area contributed by atoms with Gasteiger partial charge in [-0.1, -0.05) is 44.0 Å². The number of alkyl halides is 2. The first-order valence-corrected chi connectivity index (χ1v) is 6.36. The maximum Gasteiger partial charge on any atom is 0.147 e. The fraction of sp³-hybridized carbons (Fsp3) is 0.300. The summed E-state index contributed by atoms with van der Waals surface area (Å²) < 4.78 is 0. The van der Waals surface area contributed by atoms with Crippen molar-refractivity contribution in [1.29, 1.82) is 0 Å². The van der Waals surface area contributed by atoms with E-state index in [0.29, 0.717) is 17.1 Å². The van der Waals surface area contributed by atoms with E-state index in [1.807, 2.05) is 6.07 Å². The van der Waals surface area contributed by atoms with E-state index in [0.717, 1.165) is 11.1 Å². The van der Waals surface area contributed by atoms with Crippen LogP contribution in [0.2, 0.25) is 0 Å². The predicted octanol–water partition coefficient (Wildman–Crippen LogP) is 2.79. The van der Waals surface area contributed by atoms with Crippen LogP contribution in [0.3, 0.4) is 0 Å². The van der Waals surface area contributed by atoms with Gasteiger partial charge < -0.3 is 5.11 Å². The van der Waals surface area contributed by atoms with Crippen LogP contribution in [0.25, 0.3) is 0 Å². The molecule has 1 N–H and O–H groups in total. The monoisotopic (exact) mass is 320 g/mol. The minimum absolute atomic E-state index is 0.109. The van der Waals surface area contributed by atoms with E-state index in [2.05, 4.69) is 31.9 Å². The molecular weight excluding hydrogens is 312 g/mol. The Kier molecular flexibility index (Phi) is 4.62. The Morgan fingerprint density at radius 2 is 2.07 bits per heavy atom. The molecule has 0 aliphatic rings. The zero-order valence-corrected chi connectivity index (χ0v) is 10.6. The Morgan fingerprint density at radius 3 is 2.64 bits per heavy atom. The molecule has 0 fully saturated rings. The molecule has 1 aromatic rings. The number of phenolic OH excluding ortho intramolecular Hbond substituents is 1. The number of benzene rings is 1. The van der Waals surface area contributed by atoms with E-state index >= 15 is 0 Å². The Balaban J connectivity index is 2.96. The lowest BCUT2D eigenvalue weighted by molar-refractivity contribution is -0.115. The Hall–Kier alpha value is -0.350. The van der Waals surface area contributed by atoms with Crippen LogP contribution in [-0.4, -0.2) is 16.2 Å². The van der Waals surface area contributed by atoms with Crippen LogP contribution in [0, 0.1) is 0 Å². The number of Topliss-reactive ketones (excluding diaryl/α,β-unsaturated/α-hetero) is 1. The Morgan fingerprint density at radius 1 is 1.36 bits per heavy atom. The van der Waals surface area contributed by atoms with Crippen molar-refractivity contribution >= 4 is 37.6 Å². The summed E-state index contributed by atoms with van der Waals surface area (Å²) in [5.41, 5.74) is 1.67. The maximum absolute atomic E-state index is 11.2. The van der Waals surface area contributed by atoms with Gasteiger partial charge in [0.2, 0.25) is 0 Å². The SMILES string of the molecule is O=C(CBr)Cc1cccc(O)c1CBr. The summed E-state index contributed by atoms with van der Waals surface area (Å²) in [7, 11) is 0. The summed E-state index contributed by atoms with van der Waals surface area (Å²) in [5, 5.41) is 10.4. The van der Waals surface area contributed by atoms with Crippen molar-refractivity contribution in [2.75, 3.05) is 5.33 Å². The van der Waals surface area contributed by atoms with Gasteiger partial charge in [0.05, 0.1) is 5.33 Å². The van der Waals surface area contributed by atoms with Gasteiger partial charge in [0.25, 0.3) is 0 Å². The molecule has 0 spiro atoms. The van der Waals surface area contributed by atoms with Gasteiger partial charge >= 0.3 is 0 Å². The molecule has 1 rings (SSSR count). The zero-order valence-electron chi connectivity index (χ0n) is 7.46. The molecule has 0 saturated heterocycles. The fourth-order valence-electron chi connectivity index (χ4n) is 1.20. The zero-order chi connectivity index (χ0) is 10.6. The number of phenols is 1. The molecule has 0 amide bonds. The van der Waals surface area contributed by atoms with E-state index < -0.39 is 0 Å². The number of rotatable bonds is 4. The highest BCUT2D eigenvalue weighted by Crippen LogP contribution is 2.24. The van der Waals surface area contributed by atoms with Crippen LogP contribution in [-0.2, 0) is 16.5 Å². The molecule has 0 aromatic heterocycles. The van der Waals surface area contributed by atoms with Crippen LogP contribution in [0.4, 0.5) is 0 Å². The summed E-state index contributed by atoms with van der Waals surface area (Å²) in [6, 6.07) is 5.23. The molecule has 0 saturated carbocycles. The predicted molar refractivity (Wildman–Crippen MR) is 63.2 cm³/mol. The van der Waals surface area contributed by atoms with Crippen molar-refractivity contribution in [3.63, 3.8) is 0 Å². The number of carbonyl (C=O) groups is 1. The normalized spacial score (nSPS) is 10.1. The van der Waals surface area contributed by atoms with Gasteiger partial charge in [-0.15, -0.1) is 0 Å². The molecular formula is C10H10Br2O2. The van der Waals surface area contributed by atoms with Crippen molar-refractivity contribution in [3.8, 4) is 5.75 Å². The molecule has 1 aromatic carbocycles. The Bertz CT molecular complexity index is 337. The number of hydrogen-bond acceptors (Lipinski definition) is 2. The Labute approximate surface area is 99.6 Å². The highest BCUT2D eigenvalue weighted by Gasteiger charge is 2.09. The summed E-state index contributed by atoms with van der Waals surface area (Å²) >= 11 is 6.40. The smallest absolute Gasteiger partial charge is 0.147 e. The van der Waals surface area contributed by atoms with E-state index in [1.165, 1.54) is 0 Å². The first-order valence-electron chi connectivity index (χ1n) is 4.12. The van der Waals surface area contributed by atoms with Gasteiger partial charge in [0, 0.05) is 17.3 Å². The van der Waals surface area contributed by atoms with Crippen LogP contribution in [0.1, 0.15) is 11.1 Å². The molecule has 0 bridgehead atoms. The summed E-state index contributed by atoms with van der Waals surface area (Å²) in [4.78, 5) is 11.2. The van der Waals surface area contributed by atoms with Gasteiger partial charge in [-0.3, -0.25) is 4.79 Å². The van der Waals surface area contributed by atoms with E-state index in [4.69, 9.17) is 0 Å². The third kappa shape index (κ3) is 2.82.